The molecule has 2 N–H and O–H groups in total. The third kappa shape index (κ3) is 7.53. The molecule has 0 fully saturated rings. The standard InChI is InChI=1S/C17H20F3N3O3S/c1-27(24,25)23-16(17(18,19)20)14-7-5-13(6-8-14)12-21-10-11-26-15-4-2-3-9-22-15/h2-9,16,21,23H,10-12H2,1H3. The van der Waals surface area contributed by atoms with Crippen molar-refractivity contribution < 1.29 is 26.3 Å². The van der Waals surface area contributed by atoms with Crippen molar-refractivity contribution in [1.29, 1.82) is 0 Å². The van der Waals surface area contributed by atoms with Gasteiger partial charge in [-0.2, -0.15) is 17.9 Å². The Morgan fingerprint density at radius 3 is 2.41 bits per heavy atom. The Bertz CT molecular complexity index is 813. The van der Waals surface area contributed by atoms with Crippen LogP contribution in [-0.4, -0.2) is 39.0 Å². The Morgan fingerprint density at radius 1 is 1.15 bits per heavy atom. The Balaban J connectivity index is 1.86. The van der Waals surface area contributed by atoms with E-state index < -0.39 is 22.2 Å². The van der Waals surface area contributed by atoms with Crippen molar-refractivity contribution in [3.05, 3.63) is 59.8 Å². The summed E-state index contributed by atoms with van der Waals surface area (Å²) in [7, 11) is -4.01. The molecule has 1 atom stereocenters. The Morgan fingerprint density at radius 2 is 1.85 bits per heavy atom. The molecule has 0 spiro atoms. The number of sulfonamides is 1. The summed E-state index contributed by atoms with van der Waals surface area (Å²) < 4.78 is 68.7. The zero-order valence-corrected chi connectivity index (χ0v) is 15.3. The largest absolute Gasteiger partial charge is 0.476 e. The predicted molar refractivity (Wildman–Crippen MR) is 94.7 cm³/mol. The summed E-state index contributed by atoms with van der Waals surface area (Å²) in [4.78, 5) is 4.02. The number of nitrogens with one attached hydrogen (secondary N) is 2. The highest BCUT2D eigenvalue weighted by molar-refractivity contribution is 7.88. The van der Waals surface area contributed by atoms with Crippen LogP contribution in [0.15, 0.2) is 48.7 Å². The average Bonchev–Trinajstić information content (AvgIpc) is 2.59. The van der Waals surface area contributed by atoms with Crippen molar-refractivity contribution in [3.63, 3.8) is 0 Å². The number of pyridine rings is 1. The number of alkyl halides is 3. The molecule has 0 radical (unpaired) electrons. The molecule has 0 aliphatic rings. The van der Waals surface area contributed by atoms with Crippen molar-refractivity contribution in [2.45, 2.75) is 18.8 Å². The van der Waals surface area contributed by atoms with Gasteiger partial charge in [-0.25, -0.2) is 13.4 Å². The number of hydrogen-bond donors (Lipinski definition) is 2. The lowest BCUT2D eigenvalue weighted by molar-refractivity contribution is -0.153. The van der Waals surface area contributed by atoms with Crippen molar-refractivity contribution in [2.75, 3.05) is 19.4 Å². The fourth-order valence-corrected chi connectivity index (χ4v) is 2.96. The molecule has 1 aromatic carbocycles. The van der Waals surface area contributed by atoms with Crippen LogP contribution in [0.1, 0.15) is 17.2 Å². The van der Waals surface area contributed by atoms with E-state index in [4.69, 9.17) is 4.74 Å². The van der Waals surface area contributed by atoms with Crippen LogP contribution in [-0.2, 0) is 16.6 Å². The summed E-state index contributed by atoms with van der Waals surface area (Å²) in [5, 5.41) is 3.10. The van der Waals surface area contributed by atoms with Crippen LogP contribution in [0.5, 0.6) is 5.88 Å². The van der Waals surface area contributed by atoms with Gasteiger partial charge in [0.25, 0.3) is 0 Å². The molecule has 2 aromatic rings. The maximum absolute atomic E-state index is 13.1. The van der Waals surface area contributed by atoms with Gasteiger partial charge in [-0.3, -0.25) is 0 Å². The van der Waals surface area contributed by atoms with Crippen molar-refractivity contribution in [1.82, 2.24) is 15.0 Å². The second-order valence-electron chi connectivity index (χ2n) is 5.80. The first-order valence-electron chi connectivity index (χ1n) is 8.02. The van der Waals surface area contributed by atoms with E-state index in [1.807, 2.05) is 6.07 Å². The lowest BCUT2D eigenvalue weighted by Crippen LogP contribution is -2.37. The first-order valence-corrected chi connectivity index (χ1v) is 9.92. The van der Waals surface area contributed by atoms with E-state index in [0.29, 0.717) is 31.8 Å². The Kier molecular flexibility index (Phi) is 7.17. The zero-order valence-electron chi connectivity index (χ0n) is 14.5. The molecule has 10 heteroatoms. The minimum atomic E-state index is -4.73. The van der Waals surface area contributed by atoms with E-state index in [1.54, 1.807) is 23.1 Å². The molecular weight excluding hydrogens is 383 g/mol. The molecule has 27 heavy (non-hydrogen) atoms. The molecule has 0 saturated heterocycles. The van der Waals surface area contributed by atoms with Crippen LogP contribution in [0.2, 0.25) is 0 Å². The second kappa shape index (κ2) is 9.16. The van der Waals surface area contributed by atoms with Crippen LogP contribution >= 0.6 is 0 Å². The zero-order chi connectivity index (χ0) is 19.9. The Hall–Kier alpha value is -2.17. The van der Waals surface area contributed by atoms with Gasteiger partial charge in [-0.1, -0.05) is 30.3 Å². The molecule has 1 unspecified atom stereocenters. The molecule has 2 rings (SSSR count). The maximum atomic E-state index is 13.1. The van der Waals surface area contributed by atoms with Crippen LogP contribution in [0.3, 0.4) is 0 Å². The minimum absolute atomic E-state index is 0.171. The van der Waals surface area contributed by atoms with Gasteiger partial charge in [0.05, 0.1) is 6.26 Å². The first kappa shape index (κ1) is 21.1. The van der Waals surface area contributed by atoms with Crippen LogP contribution in [0.4, 0.5) is 13.2 Å². The van der Waals surface area contributed by atoms with Gasteiger partial charge in [0.15, 0.2) is 0 Å². The normalized spacial score (nSPS) is 13.3. The average molecular weight is 403 g/mol. The van der Waals surface area contributed by atoms with E-state index in [-0.39, 0.29) is 5.56 Å². The number of rotatable bonds is 9. The molecule has 0 saturated carbocycles. The summed E-state index contributed by atoms with van der Waals surface area (Å²) in [6.45, 7) is 1.35. The van der Waals surface area contributed by atoms with E-state index in [0.717, 1.165) is 5.56 Å². The number of aromatic nitrogens is 1. The molecule has 0 aliphatic carbocycles. The van der Waals surface area contributed by atoms with Gasteiger partial charge in [-0.05, 0) is 17.2 Å². The smallest absolute Gasteiger partial charge is 0.408 e. The minimum Gasteiger partial charge on any atom is -0.476 e. The SMILES string of the molecule is CS(=O)(=O)NC(c1ccc(CNCCOc2ccccn2)cc1)C(F)(F)F. The van der Waals surface area contributed by atoms with E-state index in [2.05, 4.69) is 10.3 Å². The third-order valence-corrected chi connectivity index (χ3v) is 4.13. The summed E-state index contributed by atoms with van der Waals surface area (Å²) in [5.41, 5.74) is 0.590. The quantitative estimate of drug-likeness (QED) is 0.629. The second-order valence-corrected chi connectivity index (χ2v) is 7.58. The Labute approximate surface area is 155 Å². The van der Waals surface area contributed by atoms with E-state index in [1.165, 1.54) is 24.3 Å². The monoisotopic (exact) mass is 403 g/mol. The van der Waals surface area contributed by atoms with Gasteiger partial charge in [0, 0.05) is 25.4 Å². The number of halogens is 3. The van der Waals surface area contributed by atoms with Crippen molar-refractivity contribution in [3.8, 4) is 5.88 Å². The van der Waals surface area contributed by atoms with Gasteiger partial charge in [0.1, 0.15) is 12.6 Å². The molecule has 1 aromatic heterocycles. The lowest BCUT2D eigenvalue weighted by atomic mass is 10.1. The van der Waals surface area contributed by atoms with Crippen LogP contribution in [0.25, 0.3) is 0 Å². The summed E-state index contributed by atoms with van der Waals surface area (Å²) >= 11 is 0. The van der Waals surface area contributed by atoms with E-state index >= 15 is 0 Å². The summed E-state index contributed by atoms with van der Waals surface area (Å²) in [6.07, 6.45) is -2.42. The molecule has 0 bridgehead atoms. The fraction of sp³-hybridized carbons (Fsp3) is 0.353. The highest BCUT2D eigenvalue weighted by Gasteiger charge is 2.42. The number of benzene rings is 1. The molecule has 0 amide bonds. The highest BCUT2D eigenvalue weighted by Crippen LogP contribution is 2.33. The topological polar surface area (TPSA) is 80.3 Å². The first-order chi connectivity index (χ1) is 12.6. The molecular formula is C17H20F3N3O3S. The summed E-state index contributed by atoms with van der Waals surface area (Å²) in [5.74, 6) is 0.514. The van der Waals surface area contributed by atoms with Crippen molar-refractivity contribution in [2.24, 2.45) is 0 Å². The number of hydrogen-bond acceptors (Lipinski definition) is 5. The lowest BCUT2D eigenvalue weighted by Gasteiger charge is -2.21. The predicted octanol–water partition coefficient (Wildman–Crippen LogP) is 2.40. The van der Waals surface area contributed by atoms with Gasteiger partial charge in [-0.15, -0.1) is 0 Å². The van der Waals surface area contributed by atoms with Gasteiger partial charge >= 0.3 is 6.18 Å². The maximum Gasteiger partial charge on any atom is 0.408 e. The highest BCUT2D eigenvalue weighted by atomic mass is 32.2. The fourth-order valence-electron chi connectivity index (χ4n) is 2.26. The van der Waals surface area contributed by atoms with Gasteiger partial charge < -0.3 is 10.1 Å². The number of nitrogens with zero attached hydrogens (tertiary/aromatic N) is 1. The van der Waals surface area contributed by atoms with Crippen LogP contribution < -0.4 is 14.8 Å². The summed E-state index contributed by atoms with van der Waals surface area (Å²) in [6, 6.07) is 8.61. The molecule has 6 nitrogen and oxygen atoms in total. The van der Waals surface area contributed by atoms with E-state index in [9.17, 15) is 21.6 Å². The molecule has 1 heterocycles. The number of ether oxygens (including phenoxy) is 1. The molecule has 0 aliphatic heterocycles. The van der Waals surface area contributed by atoms with Gasteiger partial charge in [0.2, 0.25) is 15.9 Å². The molecule has 148 valence electrons. The van der Waals surface area contributed by atoms with Crippen molar-refractivity contribution >= 4 is 10.0 Å². The van der Waals surface area contributed by atoms with Crippen LogP contribution in [0, 0.1) is 0 Å². The third-order valence-electron chi connectivity index (χ3n) is 3.47.